The zero-order chi connectivity index (χ0) is 13.1. The average molecular weight is 247 g/mol. The lowest BCUT2D eigenvalue weighted by atomic mass is 10.1. The quantitative estimate of drug-likeness (QED) is 0.807. The Morgan fingerprint density at radius 1 is 1.44 bits per heavy atom. The topological polar surface area (TPSA) is 90.4 Å². The highest BCUT2D eigenvalue weighted by Gasteiger charge is 2.14. The number of rotatable bonds is 3. The molecule has 0 fully saturated rings. The number of carbonyl (C=O) groups excluding carboxylic acids is 1. The predicted octanol–water partition coefficient (Wildman–Crippen LogP) is 1.83. The van der Waals surface area contributed by atoms with E-state index in [9.17, 15) is 4.79 Å². The minimum Gasteiger partial charge on any atom is -0.496 e. The normalized spacial score (nSPS) is 10.1. The molecule has 0 saturated heterocycles. The lowest BCUT2D eigenvalue weighted by Gasteiger charge is -2.08. The first-order chi connectivity index (χ1) is 8.60. The molecule has 2 rings (SSSR count). The molecule has 1 aromatic carbocycles. The summed E-state index contributed by atoms with van der Waals surface area (Å²) in [5.74, 6) is 1.05. The molecule has 0 spiro atoms. The Labute approximate surface area is 104 Å². The van der Waals surface area contributed by atoms with Crippen molar-refractivity contribution in [2.45, 2.75) is 6.92 Å². The summed E-state index contributed by atoms with van der Waals surface area (Å²) in [6, 6.07) is 6.44. The maximum Gasteiger partial charge on any atom is 0.260 e. The number of nitrogen functional groups attached to an aromatic ring is 1. The van der Waals surface area contributed by atoms with Gasteiger partial charge in [0.1, 0.15) is 11.5 Å². The van der Waals surface area contributed by atoms with Crippen molar-refractivity contribution in [1.82, 2.24) is 5.16 Å². The Balaban J connectivity index is 2.23. The maximum atomic E-state index is 12.0. The first kappa shape index (κ1) is 12.0. The zero-order valence-corrected chi connectivity index (χ0v) is 10.1. The second-order valence-electron chi connectivity index (χ2n) is 3.74. The molecule has 0 aliphatic carbocycles. The van der Waals surface area contributed by atoms with Crippen LogP contribution < -0.4 is 15.8 Å². The first-order valence-corrected chi connectivity index (χ1v) is 5.28. The van der Waals surface area contributed by atoms with Crippen LogP contribution in [0.1, 0.15) is 16.1 Å². The van der Waals surface area contributed by atoms with Crippen molar-refractivity contribution in [3.63, 3.8) is 0 Å². The summed E-state index contributed by atoms with van der Waals surface area (Å²) in [5.41, 5.74) is 6.53. The second-order valence-corrected chi connectivity index (χ2v) is 3.74. The van der Waals surface area contributed by atoms with Gasteiger partial charge in [-0.1, -0.05) is 5.16 Å². The van der Waals surface area contributed by atoms with Crippen LogP contribution in [0.15, 0.2) is 28.8 Å². The van der Waals surface area contributed by atoms with Crippen molar-refractivity contribution in [2.24, 2.45) is 0 Å². The molecule has 0 aliphatic heterocycles. The fourth-order valence-corrected chi connectivity index (χ4v) is 1.50. The molecule has 6 nitrogen and oxygen atoms in total. The number of nitrogens with zero attached hydrogens (tertiary/aromatic N) is 1. The van der Waals surface area contributed by atoms with E-state index in [0.717, 1.165) is 0 Å². The van der Waals surface area contributed by atoms with Crippen LogP contribution in [-0.2, 0) is 0 Å². The van der Waals surface area contributed by atoms with Gasteiger partial charge in [0.05, 0.1) is 12.7 Å². The number of amides is 1. The Bertz CT molecular complexity index is 578. The summed E-state index contributed by atoms with van der Waals surface area (Å²) in [5, 5.41) is 6.29. The fraction of sp³-hybridized carbons (Fsp3) is 0.167. The van der Waals surface area contributed by atoms with Crippen molar-refractivity contribution < 1.29 is 14.1 Å². The minimum absolute atomic E-state index is 0.333. The van der Waals surface area contributed by atoms with Crippen LogP contribution in [0.25, 0.3) is 0 Å². The summed E-state index contributed by atoms with van der Waals surface area (Å²) in [6.45, 7) is 1.74. The summed E-state index contributed by atoms with van der Waals surface area (Å²) < 4.78 is 9.97. The Morgan fingerprint density at radius 3 is 2.83 bits per heavy atom. The van der Waals surface area contributed by atoms with E-state index in [-0.39, 0.29) is 5.91 Å². The van der Waals surface area contributed by atoms with Crippen molar-refractivity contribution >= 4 is 17.4 Å². The van der Waals surface area contributed by atoms with Gasteiger partial charge >= 0.3 is 0 Å². The van der Waals surface area contributed by atoms with Crippen LogP contribution in [0.2, 0.25) is 0 Å². The number of aromatic nitrogens is 1. The van der Waals surface area contributed by atoms with Crippen molar-refractivity contribution in [3.8, 4) is 5.75 Å². The first-order valence-electron chi connectivity index (χ1n) is 5.28. The van der Waals surface area contributed by atoms with Crippen molar-refractivity contribution in [1.29, 1.82) is 0 Å². The molecule has 0 saturated carbocycles. The Morgan fingerprint density at radius 2 is 2.22 bits per heavy atom. The standard InChI is InChI=1S/C12H13N3O3/c1-7-5-11(15-18-7)14-12(16)9-4-3-8(13)6-10(9)17-2/h3-6H,13H2,1-2H3,(H,14,15,16). The lowest BCUT2D eigenvalue weighted by Crippen LogP contribution is -2.13. The lowest BCUT2D eigenvalue weighted by molar-refractivity contribution is 0.102. The van der Waals surface area contributed by atoms with Crippen LogP contribution in [-0.4, -0.2) is 18.2 Å². The minimum atomic E-state index is -0.333. The smallest absolute Gasteiger partial charge is 0.260 e. The Hall–Kier alpha value is -2.50. The van der Waals surface area contributed by atoms with Crippen molar-refractivity contribution in [2.75, 3.05) is 18.2 Å². The third-order valence-electron chi connectivity index (χ3n) is 2.34. The largest absolute Gasteiger partial charge is 0.496 e. The maximum absolute atomic E-state index is 12.0. The molecule has 0 bridgehead atoms. The van der Waals surface area contributed by atoms with Gasteiger partial charge in [-0.05, 0) is 19.1 Å². The molecule has 18 heavy (non-hydrogen) atoms. The van der Waals surface area contributed by atoms with Crippen LogP contribution in [0.4, 0.5) is 11.5 Å². The number of nitrogens with one attached hydrogen (secondary N) is 1. The monoisotopic (exact) mass is 247 g/mol. The van der Waals surface area contributed by atoms with Gasteiger partial charge in [0.25, 0.3) is 5.91 Å². The molecule has 0 unspecified atom stereocenters. The number of hydrogen-bond acceptors (Lipinski definition) is 5. The summed E-state index contributed by atoms with van der Waals surface area (Å²) in [7, 11) is 1.48. The number of methoxy groups -OCH3 is 1. The number of benzene rings is 1. The zero-order valence-electron chi connectivity index (χ0n) is 10.1. The van der Waals surface area contributed by atoms with Gasteiger partial charge in [0.15, 0.2) is 5.82 Å². The molecule has 0 aliphatic rings. The highest BCUT2D eigenvalue weighted by molar-refractivity contribution is 6.06. The molecule has 2 aromatic rings. The SMILES string of the molecule is COc1cc(N)ccc1C(=O)Nc1cc(C)on1. The van der Waals surface area contributed by atoms with E-state index >= 15 is 0 Å². The highest BCUT2D eigenvalue weighted by atomic mass is 16.5. The molecule has 94 valence electrons. The van der Waals surface area contributed by atoms with Gasteiger partial charge in [-0.3, -0.25) is 4.79 Å². The second kappa shape index (κ2) is 4.79. The molecule has 6 heteroatoms. The van der Waals surface area contributed by atoms with E-state index in [1.807, 2.05) is 0 Å². The molecule has 0 radical (unpaired) electrons. The van der Waals surface area contributed by atoms with E-state index in [1.54, 1.807) is 31.2 Å². The number of nitrogens with two attached hydrogens (primary N) is 1. The number of ether oxygens (including phenoxy) is 1. The molecule has 1 heterocycles. The predicted molar refractivity (Wildman–Crippen MR) is 66.6 cm³/mol. The fourth-order valence-electron chi connectivity index (χ4n) is 1.50. The van der Waals surface area contributed by atoms with E-state index < -0.39 is 0 Å². The molecule has 1 amide bonds. The van der Waals surface area contributed by atoms with Crippen LogP contribution >= 0.6 is 0 Å². The van der Waals surface area contributed by atoms with E-state index in [1.165, 1.54) is 7.11 Å². The number of hydrogen-bond donors (Lipinski definition) is 2. The van der Waals surface area contributed by atoms with E-state index in [4.69, 9.17) is 15.0 Å². The molecular weight excluding hydrogens is 234 g/mol. The van der Waals surface area contributed by atoms with E-state index in [2.05, 4.69) is 10.5 Å². The number of anilines is 2. The molecule has 0 atom stereocenters. The number of aryl methyl sites for hydroxylation is 1. The van der Waals surface area contributed by atoms with E-state index in [0.29, 0.717) is 28.6 Å². The summed E-state index contributed by atoms with van der Waals surface area (Å²) in [4.78, 5) is 12.0. The van der Waals surface area contributed by atoms with Crippen LogP contribution in [0.3, 0.4) is 0 Å². The summed E-state index contributed by atoms with van der Waals surface area (Å²) in [6.07, 6.45) is 0. The van der Waals surface area contributed by atoms with Gasteiger partial charge in [-0.2, -0.15) is 0 Å². The van der Waals surface area contributed by atoms with Gasteiger partial charge < -0.3 is 20.3 Å². The van der Waals surface area contributed by atoms with Crippen LogP contribution in [0, 0.1) is 6.92 Å². The van der Waals surface area contributed by atoms with Gasteiger partial charge in [-0.25, -0.2) is 0 Å². The van der Waals surface area contributed by atoms with Crippen molar-refractivity contribution in [3.05, 3.63) is 35.6 Å². The third-order valence-corrected chi connectivity index (χ3v) is 2.34. The van der Waals surface area contributed by atoms with Gasteiger partial charge in [0, 0.05) is 17.8 Å². The molecular formula is C12H13N3O3. The van der Waals surface area contributed by atoms with Crippen LogP contribution in [0.5, 0.6) is 5.75 Å². The van der Waals surface area contributed by atoms with Gasteiger partial charge in [0.2, 0.25) is 0 Å². The number of carbonyl (C=O) groups is 1. The molecule has 3 N–H and O–H groups in total. The molecule has 1 aromatic heterocycles. The Kier molecular flexibility index (Phi) is 3.18. The highest BCUT2D eigenvalue weighted by Crippen LogP contribution is 2.22. The van der Waals surface area contributed by atoms with Gasteiger partial charge in [-0.15, -0.1) is 0 Å². The summed E-state index contributed by atoms with van der Waals surface area (Å²) >= 11 is 0. The third kappa shape index (κ3) is 2.42. The average Bonchev–Trinajstić information content (AvgIpc) is 2.74.